The highest BCUT2D eigenvalue weighted by Gasteiger charge is 2.35. The van der Waals surface area contributed by atoms with E-state index < -0.39 is 17.8 Å². The fraction of sp³-hybridized carbons (Fsp3) is 0.188. The summed E-state index contributed by atoms with van der Waals surface area (Å²) in [5.74, 6) is -0.696. The lowest BCUT2D eigenvalue weighted by Gasteiger charge is -2.03. The molecule has 3 aromatic rings. The van der Waals surface area contributed by atoms with E-state index in [1.807, 2.05) is 24.3 Å². The SMILES string of the molecule is Cn1nc(C(F)(F)F)cc1C(=O)Nc1cnn(Cc2ccc(Br)cc2)c1. The van der Waals surface area contributed by atoms with Crippen molar-refractivity contribution in [2.45, 2.75) is 12.7 Å². The number of nitrogens with one attached hydrogen (secondary N) is 1. The van der Waals surface area contributed by atoms with Gasteiger partial charge in [-0.15, -0.1) is 0 Å². The van der Waals surface area contributed by atoms with E-state index in [-0.39, 0.29) is 5.69 Å². The van der Waals surface area contributed by atoms with E-state index in [1.54, 1.807) is 10.9 Å². The molecule has 0 bridgehead atoms. The molecule has 3 rings (SSSR count). The van der Waals surface area contributed by atoms with Gasteiger partial charge in [-0.05, 0) is 17.7 Å². The molecule has 1 amide bonds. The van der Waals surface area contributed by atoms with Crippen LogP contribution in [0.3, 0.4) is 0 Å². The number of benzene rings is 1. The molecule has 0 atom stereocenters. The van der Waals surface area contributed by atoms with Gasteiger partial charge >= 0.3 is 6.18 Å². The molecule has 1 aromatic carbocycles. The Morgan fingerprint density at radius 1 is 1.27 bits per heavy atom. The van der Waals surface area contributed by atoms with Crippen molar-refractivity contribution in [3.05, 3.63) is 64.1 Å². The molecule has 26 heavy (non-hydrogen) atoms. The summed E-state index contributed by atoms with van der Waals surface area (Å²) < 4.78 is 41.5. The number of aryl methyl sites for hydroxylation is 1. The average molecular weight is 428 g/mol. The second-order valence-corrected chi connectivity index (χ2v) is 6.46. The number of halogens is 4. The highest BCUT2D eigenvalue weighted by Crippen LogP contribution is 2.28. The standard InChI is InChI=1S/C16H13BrF3N5O/c1-24-13(6-14(23-24)16(18,19)20)15(26)22-12-7-21-25(9-12)8-10-2-4-11(17)5-3-10/h2-7,9H,8H2,1H3,(H,22,26). The summed E-state index contributed by atoms with van der Waals surface area (Å²) in [6, 6.07) is 8.38. The molecular formula is C16H13BrF3N5O. The van der Waals surface area contributed by atoms with Crippen LogP contribution in [0, 0.1) is 0 Å². The van der Waals surface area contributed by atoms with Gasteiger partial charge in [0.25, 0.3) is 5.91 Å². The topological polar surface area (TPSA) is 64.7 Å². The van der Waals surface area contributed by atoms with Gasteiger partial charge in [-0.1, -0.05) is 28.1 Å². The zero-order valence-corrected chi connectivity index (χ0v) is 15.0. The minimum atomic E-state index is -4.61. The first kappa shape index (κ1) is 18.2. The minimum Gasteiger partial charge on any atom is -0.318 e. The predicted octanol–water partition coefficient (Wildman–Crippen LogP) is 3.70. The van der Waals surface area contributed by atoms with Crippen molar-refractivity contribution in [1.82, 2.24) is 19.6 Å². The van der Waals surface area contributed by atoms with E-state index in [2.05, 4.69) is 31.4 Å². The van der Waals surface area contributed by atoms with Gasteiger partial charge < -0.3 is 5.32 Å². The first-order chi connectivity index (χ1) is 12.2. The molecule has 1 N–H and O–H groups in total. The van der Waals surface area contributed by atoms with Crippen LogP contribution in [0.1, 0.15) is 21.7 Å². The number of alkyl halides is 3. The van der Waals surface area contributed by atoms with Crippen LogP contribution in [0.25, 0.3) is 0 Å². The Hall–Kier alpha value is -2.62. The Morgan fingerprint density at radius 3 is 2.58 bits per heavy atom. The van der Waals surface area contributed by atoms with Gasteiger partial charge in [0.2, 0.25) is 0 Å². The fourth-order valence-electron chi connectivity index (χ4n) is 2.30. The van der Waals surface area contributed by atoms with Gasteiger partial charge in [0.15, 0.2) is 5.69 Å². The minimum absolute atomic E-state index is 0.196. The molecule has 6 nitrogen and oxygen atoms in total. The number of aromatic nitrogens is 4. The summed E-state index contributed by atoms with van der Waals surface area (Å²) in [7, 11) is 1.28. The summed E-state index contributed by atoms with van der Waals surface area (Å²) in [5, 5.41) is 9.98. The van der Waals surface area contributed by atoms with E-state index in [0.717, 1.165) is 14.7 Å². The first-order valence-electron chi connectivity index (χ1n) is 7.42. The molecule has 2 heterocycles. The van der Waals surface area contributed by atoms with E-state index in [0.29, 0.717) is 18.3 Å². The molecule has 136 valence electrons. The van der Waals surface area contributed by atoms with Crippen molar-refractivity contribution < 1.29 is 18.0 Å². The van der Waals surface area contributed by atoms with E-state index in [1.165, 1.54) is 13.2 Å². The maximum Gasteiger partial charge on any atom is 0.435 e. The highest BCUT2D eigenvalue weighted by molar-refractivity contribution is 9.10. The molecule has 2 aromatic heterocycles. The van der Waals surface area contributed by atoms with Gasteiger partial charge in [-0.3, -0.25) is 14.2 Å². The van der Waals surface area contributed by atoms with Gasteiger partial charge in [0.1, 0.15) is 5.69 Å². The second kappa shape index (κ2) is 6.94. The molecule has 0 radical (unpaired) electrons. The van der Waals surface area contributed by atoms with Crippen LogP contribution in [0.4, 0.5) is 18.9 Å². The molecule has 0 spiro atoms. The molecule has 0 aliphatic carbocycles. The number of amides is 1. The molecule has 0 aliphatic heterocycles. The third kappa shape index (κ3) is 4.13. The van der Waals surface area contributed by atoms with Crippen molar-refractivity contribution in [3.8, 4) is 0 Å². The Kier molecular flexibility index (Phi) is 4.86. The third-order valence-corrected chi connectivity index (χ3v) is 4.08. The summed E-state index contributed by atoms with van der Waals surface area (Å²) in [6.07, 6.45) is -1.58. The number of carbonyl (C=O) groups is 1. The maximum atomic E-state index is 12.7. The van der Waals surface area contributed by atoms with Gasteiger partial charge in [-0.2, -0.15) is 23.4 Å². The number of hydrogen-bond acceptors (Lipinski definition) is 3. The first-order valence-corrected chi connectivity index (χ1v) is 8.21. The van der Waals surface area contributed by atoms with Gasteiger partial charge in [-0.25, -0.2) is 0 Å². The van der Waals surface area contributed by atoms with Crippen LogP contribution in [0.15, 0.2) is 47.2 Å². The monoisotopic (exact) mass is 427 g/mol. The quantitative estimate of drug-likeness (QED) is 0.690. The lowest BCUT2D eigenvalue weighted by atomic mass is 10.2. The fourth-order valence-corrected chi connectivity index (χ4v) is 2.57. The molecule has 0 saturated heterocycles. The van der Waals surface area contributed by atoms with E-state index >= 15 is 0 Å². The molecule has 0 aliphatic rings. The zero-order valence-electron chi connectivity index (χ0n) is 13.5. The Morgan fingerprint density at radius 2 is 1.96 bits per heavy atom. The number of carbonyl (C=O) groups excluding carboxylic acids is 1. The van der Waals surface area contributed by atoms with Crippen molar-refractivity contribution in [1.29, 1.82) is 0 Å². The predicted molar refractivity (Wildman–Crippen MR) is 91.6 cm³/mol. The van der Waals surface area contributed by atoms with Crippen molar-refractivity contribution >= 4 is 27.5 Å². The Labute approximate surface area is 154 Å². The number of anilines is 1. The summed E-state index contributed by atoms with van der Waals surface area (Å²) in [4.78, 5) is 12.2. The van der Waals surface area contributed by atoms with Crippen molar-refractivity contribution in [3.63, 3.8) is 0 Å². The Bertz CT molecular complexity index is 930. The van der Waals surface area contributed by atoms with Crippen LogP contribution in [0.5, 0.6) is 0 Å². The molecular weight excluding hydrogens is 415 g/mol. The molecule has 0 unspecified atom stereocenters. The number of nitrogens with zero attached hydrogens (tertiary/aromatic N) is 4. The highest BCUT2D eigenvalue weighted by atomic mass is 79.9. The largest absolute Gasteiger partial charge is 0.435 e. The average Bonchev–Trinajstić information content (AvgIpc) is 3.16. The normalized spacial score (nSPS) is 11.6. The smallest absolute Gasteiger partial charge is 0.318 e. The summed E-state index contributed by atoms with van der Waals surface area (Å²) in [6.45, 7) is 0.493. The second-order valence-electron chi connectivity index (χ2n) is 5.54. The van der Waals surface area contributed by atoms with Crippen LogP contribution in [0.2, 0.25) is 0 Å². The van der Waals surface area contributed by atoms with Crippen molar-refractivity contribution in [2.75, 3.05) is 5.32 Å². The van der Waals surface area contributed by atoms with Crippen LogP contribution < -0.4 is 5.32 Å². The van der Waals surface area contributed by atoms with Gasteiger partial charge in [0, 0.05) is 23.8 Å². The summed E-state index contributed by atoms with van der Waals surface area (Å²) >= 11 is 3.36. The van der Waals surface area contributed by atoms with Gasteiger partial charge in [0.05, 0.1) is 18.4 Å². The zero-order chi connectivity index (χ0) is 18.9. The summed E-state index contributed by atoms with van der Waals surface area (Å²) in [5.41, 5.74) is 0.0755. The number of hydrogen-bond donors (Lipinski definition) is 1. The van der Waals surface area contributed by atoms with Crippen LogP contribution >= 0.6 is 15.9 Å². The molecule has 0 fully saturated rings. The lowest BCUT2D eigenvalue weighted by molar-refractivity contribution is -0.141. The van der Waals surface area contributed by atoms with Crippen LogP contribution in [-0.4, -0.2) is 25.5 Å². The Balaban J connectivity index is 1.70. The number of rotatable bonds is 4. The van der Waals surface area contributed by atoms with E-state index in [4.69, 9.17) is 0 Å². The van der Waals surface area contributed by atoms with Crippen molar-refractivity contribution in [2.24, 2.45) is 7.05 Å². The third-order valence-electron chi connectivity index (χ3n) is 3.55. The van der Waals surface area contributed by atoms with Crippen LogP contribution in [-0.2, 0) is 19.8 Å². The maximum absolute atomic E-state index is 12.7. The molecule has 10 heteroatoms. The lowest BCUT2D eigenvalue weighted by Crippen LogP contribution is -2.15. The molecule has 0 saturated carbocycles. The van der Waals surface area contributed by atoms with E-state index in [9.17, 15) is 18.0 Å².